The number of fused-ring (bicyclic) bond motifs is 2. The molecule has 4 atom stereocenters. The molecule has 5 aromatic carbocycles. The summed E-state index contributed by atoms with van der Waals surface area (Å²) in [4.78, 5) is 85.2. The number of anilines is 1. The lowest BCUT2D eigenvalue weighted by atomic mass is 9.94. The Morgan fingerprint density at radius 1 is 0.723 bits per heavy atom. The first-order valence-corrected chi connectivity index (χ1v) is 28.9. The quantitative estimate of drug-likeness (QED) is 0.0203. The average molecular weight is 1160 g/mol. The number of benzene rings is 5. The molecule has 5 aromatic rings. The van der Waals surface area contributed by atoms with Crippen molar-refractivity contribution in [2.45, 2.75) is 161 Å². The Morgan fingerprint density at radius 3 is 1.96 bits per heavy atom. The van der Waals surface area contributed by atoms with Gasteiger partial charge in [-0.25, -0.2) is 22.7 Å². The Kier molecular flexibility index (Phi) is 20.6. The molecular formula is C61H79N9O12S. The largest absolute Gasteiger partial charge is 0.488 e. The zero-order valence-electron chi connectivity index (χ0n) is 49.1. The van der Waals surface area contributed by atoms with Gasteiger partial charge in [0, 0.05) is 37.1 Å². The molecule has 446 valence electrons. The Balaban J connectivity index is 1.20. The highest BCUT2D eigenvalue weighted by atomic mass is 32.2. The van der Waals surface area contributed by atoms with Crippen LogP contribution in [-0.4, -0.2) is 109 Å². The van der Waals surface area contributed by atoms with Crippen molar-refractivity contribution in [2.24, 2.45) is 16.5 Å². The Labute approximate surface area is 485 Å². The highest BCUT2D eigenvalue weighted by Gasteiger charge is 2.37. The standard InChI is InChI=1S/C61H79N9O12S/c1-35-36(2)52(37(3)45-33-61(10,11)81-51(35)45)83(78,79)70-57(63)64-28-14-17-47(68-53(72)46(62)30-38-19-24-43(25-20-38)66-58(77)82-60(7,8)9)55(74)69-48(32-40-18-23-41-15-12-13-16-42(41)29-40)54(73)65-34-50(71)67-49(56(75)76)31-39-21-26-44(27-22-39)80-59(4,5)6/h12-13,15-16,18-27,29,46-49H,14,17,28,30-34,62H2,1-11H3,(H,65,73)(H,66,77)(H,67,71)(H,68,72)(H,69,74)(H,75,76)(H3,63,64,70)/t46-,47-,48-,49+/m0/s1. The van der Waals surface area contributed by atoms with Gasteiger partial charge in [-0.2, -0.15) is 0 Å². The van der Waals surface area contributed by atoms with Crippen molar-refractivity contribution in [3.05, 3.63) is 130 Å². The maximum Gasteiger partial charge on any atom is 0.412 e. The second-order valence-electron chi connectivity index (χ2n) is 23.4. The third kappa shape index (κ3) is 18.6. The van der Waals surface area contributed by atoms with E-state index in [1.165, 1.54) is 0 Å². The van der Waals surface area contributed by atoms with Gasteiger partial charge in [0.15, 0.2) is 0 Å². The van der Waals surface area contributed by atoms with Gasteiger partial charge in [-0.15, -0.1) is 0 Å². The van der Waals surface area contributed by atoms with Crippen LogP contribution >= 0.6 is 0 Å². The molecule has 21 nitrogen and oxygen atoms in total. The molecule has 0 bridgehead atoms. The van der Waals surface area contributed by atoms with E-state index < -0.39 is 99.2 Å². The van der Waals surface area contributed by atoms with Crippen LogP contribution in [0, 0.1) is 20.8 Å². The van der Waals surface area contributed by atoms with Crippen LogP contribution in [0.15, 0.2) is 101 Å². The number of ether oxygens (including phenoxy) is 3. The highest BCUT2D eigenvalue weighted by Crippen LogP contribution is 2.43. The highest BCUT2D eigenvalue weighted by molar-refractivity contribution is 7.90. The monoisotopic (exact) mass is 1160 g/mol. The summed E-state index contributed by atoms with van der Waals surface area (Å²) < 4.78 is 47.6. The predicted octanol–water partition coefficient (Wildman–Crippen LogP) is 6.09. The van der Waals surface area contributed by atoms with Crippen molar-refractivity contribution < 1.29 is 56.5 Å². The maximum atomic E-state index is 14.6. The molecule has 83 heavy (non-hydrogen) atoms. The van der Waals surface area contributed by atoms with Crippen molar-refractivity contribution >= 4 is 68.1 Å². The molecule has 0 saturated heterocycles. The van der Waals surface area contributed by atoms with E-state index in [0.717, 1.165) is 16.3 Å². The van der Waals surface area contributed by atoms with Crippen LogP contribution in [0.2, 0.25) is 0 Å². The van der Waals surface area contributed by atoms with E-state index in [1.807, 2.05) is 71.0 Å². The van der Waals surface area contributed by atoms with Crippen molar-refractivity contribution in [3.8, 4) is 11.5 Å². The SMILES string of the molecule is Cc1c(C)c(S(=O)(=O)NC(N)=NCCC[C@H](NC(=O)[C@@H](N)Cc2ccc(NC(=O)OC(C)(C)C)cc2)C(=O)N[C@@H](Cc2ccc3ccccc3c2)C(=O)NCC(=O)N[C@H](Cc2ccc(OC(C)(C)C)cc2)C(=O)O)c(C)c2c1OC(C)(C)C2. The number of carbonyl (C=O) groups excluding carboxylic acids is 5. The summed E-state index contributed by atoms with van der Waals surface area (Å²) in [7, 11) is -4.25. The van der Waals surface area contributed by atoms with Crippen LogP contribution in [0.4, 0.5) is 10.5 Å². The Hall–Kier alpha value is -8.24. The molecule has 0 aromatic heterocycles. The van der Waals surface area contributed by atoms with Crippen LogP contribution in [0.3, 0.4) is 0 Å². The molecule has 11 N–H and O–H groups in total. The van der Waals surface area contributed by atoms with E-state index in [-0.39, 0.29) is 43.5 Å². The van der Waals surface area contributed by atoms with Gasteiger partial charge in [-0.1, -0.05) is 66.7 Å². The number of sulfonamides is 1. The number of aliphatic carboxylic acids is 1. The number of rotatable bonds is 23. The fraction of sp³-hybridized carbons (Fsp3) is 0.426. The van der Waals surface area contributed by atoms with Crippen LogP contribution in [0.25, 0.3) is 10.8 Å². The summed E-state index contributed by atoms with van der Waals surface area (Å²) >= 11 is 0. The summed E-state index contributed by atoms with van der Waals surface area (Å²) in [5.74, 6) is -3.60. The molecule has 0 unspecified atom stereocenters. The zero-order valence-corrected chi connectivity index (χ0v) is 49.9. The van der Waals surface area contributed by atoms with Crippen LogP contribution in [-0.2, 0) is 64.4 Å². The Morgan fingerprint density at radius 2 is 1.33 bits per heavy atom. The summed E-state index contributed by atoms with van der Waals surface area (Å²) in [6.07, 6.45) is -0.325. The number of hydrogen-bond donors (Lipinski definition) is 9. The van der Waals surface area contributed by atoms with Gasteiger partial charge in [0.25, 0.3) is 10.0 Å². The van der Waals surface area contributed by atoms with Gasteiger partial charge >= 0.3 is 12.1 Å². The van der Waals surface area contributed by atoms with E-state index in [0.29, 0.717) is 57.0 Å². The van der Waals surface area contributed by atoms with Gasteiger partial charge in [0.05, 0.1) is 17.5 Å². The Bertz CT molecular complexity index is 3350. The van der Waals surface area contributed by atoms with Crippen LogP contribution < -0.4 is 52.2 Å². The fourth-order valence-electron chi connectivity index (χ4n) is 9.51. The topological polar surface area (TPSA) is 321 Å². The van der Waals surface area contributed by atoms with E-state index in [2.05, 4.69) is 36.3 Å². The molecule has 1 aliphatic rings. The normalized spacial score (nSPS) is 14.6. The summed E-state index contributed by atoms with van der Waals surface area (Å²) in [6, 6.07) is 21.2. The van der Waals surface area contributed by atoms with Gasteiger partial charge in [-0.05, 0) is 164 Å². The third-order valence-corrected chi connectivity index (χ3v) is 15.1. The number of carbonyl (C=O) groups is 6. The average Bonchev–Trinajstić information content (AvgIpc) is 2.07. The molecule has 0 aliphatic carbocycles. The molecule has 1 aliphatic heterocycles. The first-order chi connectivity index (χ1) is 38.8. The molecule has 0 fully saturated rings. The van der Waals surface area contributed by atoms with Gasteiger partial charge < -0.3 is 52.1 Å². The van der Waals surface area contributed by atoms with E-state index >= 15 is 0 Å². The fourth-order valence-corrected chi connectivity index (χ4v) is 11.0. The smallest absolute Gasteiger partial charge is 0.412 e. The molecule has 0 saturated carbocycles. The number of nitrogens with zero attached hydrogens (tertiary/aromatic N) is 1. The van der Waals surface area contributed by atoms with Crippen molar-refractivity contribution in [1.29, 1.82) is 0 Å². The van der Waals surface area contributed by atoms with Gasteiger partial charge in [0.1, 0.15) is 46.4 Å². The van der Waals surface area contributed by atoms with Crippen molar-refractivity contribution in [2.75, 3.05) is 18.4 Å². The second kappa shape index (κ2) is 26.8. The number of amides is 5. The summed E-state index contributed by atoms with van der Waals surface area (Å²) in [6.45, 7) is 19.2. The molecule has 0 spiro atoms. The lowest BCUT2D eigenvalue weighted by Crippen LogP contribution is -2.57. The third-order valence-electron chi connectivity index (χ3n) is 13.5. The number of nitrogens with one attached hydrogen (secondary N) is 6. The minimum absolute atomic E-state index is 0.0117. The number of carboxylic acids is 1. The van der Waals surface area contributed by atoms with Gasteiger partial charge in [0.2, 0.25) is 29.6 Å². The molecule has 5 amide bonds. The second-order valence-corrected chi connectivity index (χ2v) is 25.1. The van der Waals surface area contributed by atoms with E-state index in [9.17, 15) is 42.3 Å². The number of guanidine groups is 1. The zero-order chi connectivity index (χ0) is 61.2. The minimum atomic E-state index is -4.25. The first kappa shape index (κ1) is 63.9. The number of hydrogen-bond acceptors (Lipinski definition) is 13. The molecule has 1 heterocycles. The number of nitrogens with two attached hydrogens (primary N) is 2. The van der Waals surface area contributed by atoms with Crippen LogP contribution in [0.1, 0.15) is 107 Å². The lowest BCUT2D eigenvalue weighted by molar-refractivity contribution is -0.141. The molecule has 0 radical (unpaired) electrons. The predicted molar refractivity (Wildman–Crippen MR) is 318 cm³/mol. The van der Waals surface area contributed by atoms with E-state index in [1.54, 1.807) is 96.1 Å². The maximum absolute atomic E-state index is 14.6. The van der Waals surface area contributed by atoms with Crippen molar-refractivity contribution in [3.63, 3.8) is 0 Å². The van der Waals surface area contributed by atoms with Crippen LogP contribution in [0.5, 0.6) is 11.5 Å². The molecule has 22 heteroatoms. The summed E-state index contributed by atoms with van der Waals surface area (Å²) in [5, 5.41) is 25.0. The molecular weight excluding hydrogens is 1080 g/mol. The number of carboxylic acid groups (broad SMARTS) is 1. The van der Waals surface area contributed by atoms with E-state index in [4.69, 9.17) is 25.7 Å². The first-order valence-electron chi connectivity index (χ1n) is 27.4. The summed E-state index contributed by atoms with van der Waals surface area (Å²) in [5.41, 5.74) is 15.8. The minimum Gasteiger partial charge on any atom is -0.488 e. The number of aliphatic imine (C=N–C) groups is 1. The van der Waals surface area contributed by atoms with Crippen molar-refractivity contribution in [1.82, 2.24) is 26.0 Å². The molecule has 6 rings (SSSR count). The lowest BCUT2D eigenvalue weighted by Gasteiger charge is -2.24. The van der Waals surface area contributed by atoms with Gasteiger partial charge in [-0.3, -0.25) is 29.5 Å².